The van der Waals surface area contributed by atoms with Crippen LogP contribution in [0.1, 0.15) is 50.6 Å². The average Bonchev–Trinajstić information content (AvgIpc) is 2.96. The van der Waals surface area contributed by atoms with Crippen LogP contribution in [0.5, 0.6) is 0 Å². The first kappa shape index (κ1) is 16.5. The molecule has 3 nitrogen and oxygen atoms in total. The van der Waals surface area contributed by atoms with Gasteiger partial charge >= 0.3 is 0 Å². The Bertz CT molecular complexity index is 507. The van der Waals surface area contributed by atoms with Crippen LogP contribution in [0.3, 0.4) is 0 Å². The Kier molecular flexibility index (Phi) is 6.24. The fourth-order valence-corrected chi connectivity index (χ4v) is 5.14. The molecule has 0 spiro atoms. The van der Waals surface area contributed by atoms with E-state index in [0.29, 0.717) is 11.7 Å². The summed E-state index contributed by atoms with van der Waals surface area (Å²) in [5.74, 6) is 0.968. The van der Waals surface area contributed by atoms with Crippen molar-refractivity contribution in [1.82, 2.24) is 5.32 Å². The normalized spacial score (nSPS) is 18.0. The first-order valence-electron chi connectivity index (χ1n) is 8.09. The fraction of sp³-hybridized carbons (Fsp3) is 0.647. The minimum Gasteiger partial charge on any atom is -0.309 e. The van der Waals surface area contributed by atoms with Crippen molar-refractivity contribution in [3.8, 4) is 0 Å². The van der Waals surface area contributed by atoms with E-state index < -0.39 is 9.84 Å². The van der Waals surface area contributed by atoms with Gasteiger partial charge in [0.2, 0.25) is 0 Å². The SMILES string of the molecule is CCCNC(CS(=O)(=O)CC1CCCC1)c1ccccc1. The third-order valence-electron chi connectivity index (χ3n) is 4.23. The largest absolute Gasteiger partial charge is 0.309 e. The van der Waals surface area contributed by atoms with Crippen LogP contribution < -0.4 is 5.32 Å². The Hall–Kier alpha value is -0.870. The standard InChI is InChI=1S/C17H27NO2S/c1-2-12-18-17(16-10-4-3-5-11-16)14-21(19,20)13-15-8-6-7-9-15/h3-5,10-11,15,17-18H,2,6-9,12-14H2,1H3. The zero-order chi connectivity index (χ0) is 15.1. The lowest BCUT2D eigenvalue weighted by Crippen LogP contribution is -2.31. The predicted molar refractivity (Wildman–Crippen MR) is 88.1 cm³/mol. The highest BCUT2D eigenvalue weighted by Gasteiger charge is 2.25. The van der Waals surface area contributed by atoms with Gasteiger partial charge in [-0.1, -0.05) is 50.1 Å². The topological polar surface area (TPSA) is 46.2 Å². The second-order valence-corrected chi connectivity index (χ2v) is 8.30. The fourth-order valence-electron chi connectivity index (χ4n) is 3.14. The van der Waals surface area contributed by atoms with Crippen molar-refractivity contribution in [3.63, 3.8) is 0 Å². The van der Waals surface area contributed by atoms with Gasteiger partial charge in [0.05, 0.1) is 11.5 Å². The van der Waals surface area contributed by atoms with E-state index in [9.17, 15) is 8.42 Å². The molecule has 1 atom stereocenters. The molecule has 1 aliphatic rings. The van der Waals surface area contributed by atoms with Crippen LogP contribution in [0.4, 0.5) is 0 Å². The van der Waals surface area contributed by atoms with E-state index in [2.05, 4.69) is 12.2 Å². The third-order valence-corrected chi connectivity index (χ3v) is 6.05. The van der Waals surface area contributed by atoms with Gasteiger partial charge in [0.25, 0.3) is 0 Å². The Balaban J connectivity index is 2.03. The summed E-state index contributed by atoms with van der Waals surface area (Å²) < 4.78 is 25.0. The lowest BCUT2D eigenvalue weighted by atomic mass is 10.1. The molecule has 1 saturated carbocycles. The van der Waals surface area contributed by atoms with Gasteiger partial charge in [-0.15, -0.1) is 0 Å². The summed E-state index contributed by atoms with van der Waals surface area (Å²) in [6, 6.07) is 9.85. The smallest absolute Gasteiger partial charge is 0.152 e. The summed E-state index contributed by atoms with van der Waals surface area (Å²) in [5.41, 5.74) is 1.07. The minimum absolute atomic E-state index is 0.0856. The van der Waals surface area contributed by atoms with Crippen molar-refractivity contribution in [2.24, 2.45) is 5.92 Å². The van der Waals surface area contributed by atoms with Crippen molar-refractivity contribution in [1.29, 1.82) is 0 Å². The Morgan fingerprint density at radius 2 is 1.86 bits per heavy atom. The van der Waals surface area contributed by atoms with Gasteiger partial charge in [-0.05, 0) is 37.3 Å². The molecule has 1 fully saturated rings. The summed E-state index contributed by atoms with van der Waals surface area (Å²) in [6.07, 6.45) is 5.55. The summed E-state index contributed by atoms with van der Waals surface area (Å²) in [4.78, 5) is 0. The molecular formula is C17H27NO2S. The maximum absolute atomic E-state index is 12.5. The molecule has 0 amide bonds. The third kappa shape index (κ3) is 5.44. The van der Waals surface area contributed by atoms with E-state index in [0.717, 1.165) is 31.4 Å². The quantitative estimate of drug-likeness (QED) is 0.801. The lowest BCUT2D eigenvalue weighted by Gasteiger charge is -2.20. The summed E-state index contributed by atoms with van der Waals surface area (Å²) in [5, 5.41) is 3.39. The maximum Gasteiger partial charge on any atom is 0.152 e. The molecule has 118 valence electrons. The average molecular weight is 309 g/mol. The molecule has 1 N–H and O–H groups in total. The van der Waals surface area contributed by atoms with Gasteiger partial charge in [-0.2, -0.15) is 0 Å². The molecule has 4 heteroatoms. The van der Waals surface area contributed by atoms with E-state index in [-0.39, 0.29) is 11.8 Å². The molecule has 1 unspecified atom stereocenters. The molecule has 0 aromatic heterocycles. The molecule has 0 radical (unpaired) electrons. The summed E-state index contributed by atoms with van der Waals surface area (Å²) in [6.45, 7) is 2.95. The van der Waals surface area contributed by atoms with Crippen LogP contribution in [-0.4, -0.2) is 26.5 Å². The van der Waals surface area contributed by atoms with Crippen molar-refractivity contribution in [2.75, 3.05) is 18.1 Å². The van der Waals surface area contributed by atoms with E-state index in [1.165, 1.54) is 12.8 Å². The molecule has 2 rings (SSSR count). The summed E-state index contributed by atoms with van der Waals surface area (Å²) >= 11 is 0. The monoisotopic (exact) mass is 309 g/mol. The van der Waals surface area contributed by atoms with Crippen LogP contribution in [-0.2, 0) is 9.84 Å². The molecule has 0 heterocycles. The molecule has 1 aliphatic carbocycles. The number of rotatable bonds is 8. The molecular weight excluding hydrogens is 282 g/mol. The first-order chi connectivity index (χ1) is 10.1. The van der Waals surface area contributed by atoms with Crippen LogP contribution in [0, 0.1) is 5.92 Å². The van der Waals surface area contributed by atoms with Crippen LogP contribution in [0.2, 0.25) is 0 Å². The second kappa shape index (κ2) is 7.95. The second-order valence-electron chi connectivity index (χ2n) is 6.14. The van der Waals surface area contributed by atoms with E-state index in [4.69, 9.17) is 0 Å². The highest BCUT2D eigenvalue weighted by molar-refractivity contribution is 7.91. The summed E-state index contributed by atoms with van der Waals surface area (Å²) in [7, 11) is -3.01. The van der Waals surface area contributed by atoms with Crippen molar-refractivity contribution in [3.05, 3.63) is 35.9 Å². The lowest BCUT2D eigenvalue weighted by molar-refractivity contribution is 0.530. The van der Waals surface area contributed by atoms with Crippen LogP contribution in [0.15, 0.2) is 30.3 Å². The van der Waals surface area contributed by atoms with E-state index >= 15 is 0 Å². The van der Waals surface area contributed by atoms with E-state index in [1.54, 1.807) is 0 Å². The van der Waals surface area contributed by atoms with Gasteiger partial charge in [-0.3, -0.25) is 0 Å². The van der Waals surface area contributed by atoms with Crippen LogP contribution in [0.25, 0.3) is 0 Å². The minimum atomic E-state index is -3.01. The van der Waals surface area contributed by atoms with Crippen molar-refractivity contribution >= 4 is 9.84 Å². The Labute approximate surface area is 129 Å². The Morgan fingerprint density at radius 1 is 1.19 bits per heavy atom. The van der Waals surface area contributed by atoms with Gasteiger partial charge in [-0.25, -0.2) is 8.42 Å². The van der Waals surface area contributed by atoms with Crippen molar-refractivity contribution < 1.29 is 8.42 Å². The van der Waals surface area contributed by atoms with Crippen LogP contribution >= 0.6 is 0 Å². The molecule has 1 aromatic rings. The van der Waals surface area contributed by atoms with Crippen molar-refractivity contribution in [2.45, 2.75) is 45.1 Å². The number of nitrogens with one attached hydrogen (secondary N) is 1. The number of sulfone groups is 1. The Morgan fingerprint density at radius 3 is 2.48 bits per heavy atom. The number of hydrogen-bond donors (Lipinski definition) is 1. The maximum atomic E-state index is 12.5. The number of hydrogen-bond acceptors (Lipinski definition) is 3. The number of benzene rings is 1. The van der Waals surface area contributed by atoms with Gasteiger partial charge in [0.15, 0.2) is 9.84 Å². The predicted octanol–water partition coefficient (Wildman–Crippen LogP) is 3.33. The highest BCUT2D eigenvalue weighted by atomic mass is 32.2. The molecule has 0 bridgehead atoms. The molecule has 1 aromatic carbocycles. The van der Waals surface area contributed by atoms with Gasteiger partial charge in [0, 0.05) is 6.04 Å². The zero-order valence-corrected chi connectivity index (χ0v) is 13.7. The van der Waals surface area contributed by atoms with E-state index in [1.807, 2.05) is 30.3 Å². The highest BCUT2D eigenvalue weighted by Crippen LogP contribution is 2.27. The van der Waals surface area contributed by atoms with Gasteiger partial charge < -0.3 is 5.32 Å². The molecule has 0 saturated heterocycles. The first-order valence-corrected chi connectivity index (χ1v) is 9.91. The molecule has 0 aliphatic heterocycles. The molecule has 21 heavy (non-hydrogen) atoms. The van der Waals surface area contributed by atoms with Gasteiger partial charge in [0.1, 0.15) is 0 Å². The zero-order valence-electron chi connectivity index (χ0n) is 12.9.